The van der Waals surface area contributed by atoms with E-state index in [2.05, 4.69) is 14.9 Å². The van der Waals surface area contributed by atoms with E-state index >= 15 is 0 Å². The summed E-state index contributed by atoms with van der Waals surface area (Å²) in [5.41, 5.74) is 1.85. The normalized spacial score (nSPS) is 14.3. The first-order valence-electron chi connectivity index (χ1n) is 14.1. The summed E-state index contributed by atoms with van der Waals surface area (Å²) in [5, 5.41) is 3.12. The Morgan fingerprint density at radius 3 is 2.21 bits per heavy atom. The first-order valence-corrected chi connectivity index (χ1v) is 16.0. The molecule has 0 aromatic heterocycles. The van der Waals surface area contributed by atoms with Crippen molar-refractivity contribution in [3.63, 3.8) is 0 Å². The van der Waals surface area contributed by atoms with Crippen molar-refractivity contribution in [1.82, 2.24) is 10.2 Å². The van der Waals surface area contributed by atoms with Crippen LogP contribution in [0.1, 0.15) is 38.2 Å². The van der Waals surface area contributed by atoms with E-state index in [9.17, 15) is 17.6 Å². The average molecular weight is 599 g/mol. The molecule has 0 spiro atoms. The molecule has 11 heteroatoms. The van der Waals surface area contributed by atoms with Gasteiger partial charge in [-0.1, -0.05) is 25.5 Å². The van der Waals surface area contributed by atoms with Crippen molar-refractivity contribution >= 4 is 27.4 Å². The third kappa shape index (κ3) is 9.09. The predicted molar refractivity (Wildman–Crippen MR) is 163 cm³/mol. The summed E-state index contributed by atoms with van der Waals surface area (Å²) >= 11 is 0. The summed E-state index contributed by atoms with van der Waals surface area (Å²) in [6.07, 6.45) is 4.37. The monoisotopic (exact) mass is 598 g/mol. The lowest BCUT2D eigenvalue weighted by Gasteiger charge is -2.34. The van der Waals surface area contributed by atoms with E-state index in [1.165, 1.54) is 18.1 Å². The minimum atomic E-state index is -3.33. The van der Waals surface area contributed by atoms with Gasteiger partial charge in [-0.3, -0.25) is 14.5 Å². The Bertz CT molecular complexity index is 1430. The van der Waals surface area contributed by atoms with Crippen molar-refractivity contribution in [1.29, 1.82) is 0 Å². The summed E-state index contributed by atoms with van der Waals surface area (Å²) in [5.74, 6) is 1.34. The van der Waals surface area contributed by atoms with Crippen LogP contribution in [0.4, 0.5) is 20.6 Å². The predicted octanol–water partition coefficient (Wildman–Crippen LogP) is 5.98. The zero-order valence-corrected chi connectivity index (χ0v) is 25.1. The number of sulfonamides is 1. The summed E-state index contributed by atoms with van der Waals surface area (Å²) in [7, 11) is -1.81. The Morgan fingerprint density at radius 2 is 1.62 bits per heavy atom. The van der Waals surface area contributed by atoms with Gasteiger partial charge in [-0.2, -0.15) is 0 Å². The fraction of sp³-hybridized carbons (Fsp3) is 0.387. The van der Waals surface area contributed by atoms with E-state index in [4.69, 9.17) is 9.47 Å². The van der Waals surface area contributed by atoms with Gasteiger partial charge in [-0.05, 0) is 73.4 Å². The van der Waals surface area contributed by atoms with Gasteiger partial charge in [0.1, 0.15) is 23.1 Å². The van der Waals surface area contributed by atoms with Gasteiger partial charge in [-0.25, -0.2) is 17.6 Å². The van der Waals surface area contributed by atoms with Crippen LogP contribution in [0.15, 0.2) is 66.7 Å². The smallest absolute Gasteiger partial charge is 0.322 e. The van der Waals surface area contributed by atoms with Gasteiger partial charge in [-0.15, -0.1) is 0 Å². The topological polar surface area (TPSA) is 100 Å². The second kappa shape index (κ2) is 14.4. The zero-order chi connectivity index (χ0) is 30.1. The van der Waals surface area contributed by atoms with Crippen LogP contribution in [-0.4, -0.2) is 58.4 Å². The molecule has 9 nitrogen and oxygen atoms in total. The van der Waals surface area contributed by atoms with Gasteiger partial charge in [0.2, 0.25) is 10.0 Å². The number of nitrogens with zero attached hydrogens (tertiary/aromatic N) is 2. The van der Waals surface area contributed by atoms with Crippen molar-refractivity contribution in [2.45, 2.75) is 45.2 Å². The summed E-state index contributed by atoms with van der Waals surface area (Å²) in [6, 6.07) is 18.8. The van der Waals surface area contributed by atoms with Gasteiger partial charge in [0.15, 0.2) is 0 Å². The van der Waals surface area contributed by atoms with Gasteiger partial charge < -0.3 is 14.8 Å². The lowest BCUT2D eigenvalue weighted by atomic mass is 10.0. The van der Waals surface area contributed by atoms with E-state index in [0.717, 1.165) is 57.1 Å². The van der Waals surface area contributed by atoms with Crippen LogP contribution in [0.25, 0.3) is 0 Å². The van der Waals surface area contributed by atoms with Crippen LogP contribution in [0.5, 0.6) is 17.2 Å². The third-order valence-corrected chi connectivity index (χ3v) is 7.67. The second-order valence-corrected chi connectivity index (χ2v) is 12.2. The average Bonchev–Trinajstić information content (AvgIpc) is 2.96. The molecular formula is C31H39FN4O5S. The number of rotatable bonds is 12. The number of unbranched alkanes of at least 4 members (excludes halogenated alkanes) is 1. The fourth-order valence-corrected chi connectivity index (χ4v) is 5.39. The number of carbonyl (C=O) groups excluding carboxylic acids is 1. The molecule has 1 saturated heterocycles. The molecule has 0 aliphatic carbocycles. The molecule has 2 amide bonds. The maximum absolute atomic E-state index is 14.7. The Kier molecular flexibility index (Phi) is 10.6. The largest absolute Gasteiger partial charge is 0.497 e. The van der Waals surface area contributed by atoms with Crippen molar-refractivity contribution in [2.24, 2.45) is 0 Å². The van der Waals surface area contributed by atoms with E-state index < -0.39 is 15.8 Å². The SMILES string of the molecule is CCCCN(C(=O)NC1CCN(Cc2ccc(Oc3ccc(NS(C)(=O)=O)cc3)cc2)CC1)c1cc(OC)ccc1F. The highest BCUT2D eigenvalue weighted by Gasteiger charge is 2.25. The van der Waals surface area contributed by atoms with Crippen molar-refractivity contribution in [3.8, 4) is 17.2 Å². The molecule has 0 radical (unpaired) electrons. The Morgan fingerprint density at radius 1 is 1.00 bits per heavy atom. The first kappa shape index (κ1) is 31.1. The molecule has 1 fully saturated rings. The van der Waals surface area contributed by atoms with Gasteiger partial charge in [0.05, 0.1) is 19.1 Å². The number of halogens is 1. The molecule has 2 N–H and O–H groups in total. The minimum absolute atomic E-state index is 0.0151. The number of hydrogen-bond donors (Lipinski definition) is 2. The number of piperidine rings is 1. The Labute approximate surface area is 247 Å². The maximum Gasteiger partial charge on any atom is 0.322 e. The van der Waals surface area contributed by atoms with Crippen LogP contribution in [0.3, 0.4) is 0 Å². The lowest BCUT2D eigenvalue weighted by molar-refractivity contribution is 0.188. The Hall–Kier alpha value is -3.83. The molecule has 1 aliphatic rings. The number of anilines is 2. The fourth-order valence-electron chi connectivity index (χ4n) is 4.82. The van der Waals surface area contributed by atoms with Crippen LogP contribution < -0.4 is 24.4 Å². The van der Waals surface area contributed by atoms with E-state index in [1.54, 1.807) is 36.4 Å². The van der Waals surface area contributed by atoms with Crippen LogP contribution >= 0.6 is 0 Å². The quantitative estimate of drug-likeness (QED) is 0.266. The van der Waals surface area contributed by atoms with Crippen molar-refractivity contribution in [2.75, 3.05) is 42.6 Å². The molecule has 1 heterocycles. The number of hydrogen-bond acceptors (Lipinski definition) is 6. The minimum Gasteiger partial charge on any atom is -0.497 e. The molecule has 0 atom stereocenters. The number of ether oxygens (including phenoxy) is 2. The van der Waals surface area contributed by atoms with Crippen LogP contribution in [0.2, 0.25) is 0 Å². The lowest BCUT2D eigenvalue weighted by Crippen LogP contribution is -2.49. The first-order chi connectivity index (χ1) is 20.1. The second-order valence-electron chi connectivity index (χ2n) is 10.5. The molecule has 1 aliphatic heterocycles. The number of urea groups is 1. The molecule has 0 unspecified atom stereocenters. The van der Waals surface area contributed by atoms with Gasteiger partial charge in [0, 0.05) is 44.0 Å². The number of amides is 2. The van der Waals surface area contributed by atoms with Gasteiger partial charge in [0.25, 0.3) is 0 Å². The highest BCUT2D eigenvalue weighted by atomic mass is 32.2. The Balaban J connectivity index is 1.27. The van der Waals surface area contributed by atoms with E-state index in [1.807, 2.05) is 31.2 Å². The number of likely N-dealkylation sites (tertiary alicyclic amines) is 1. The molecule has 3 aromatic carbocycles. The van der Waals surface area contributed by atoms with E-state index in [-0.39, 0.29) is 17.8 Å². The van der Waals surface area contributed by atoms with Gasteiger partial charge >= 0.3 is 6.03 Å². The number of methoxy groups -OCH3 is 1. The van der Waals surface area contributed by atoms with Crippen LogP contribution in [0, 0.1) is 5.82 Å². The highest BCUT2D eigenvalue weighted by molar-refractivity contribution is 7.92. The summed E-state index contributed by atoms with van der Waals surface area (Å²) in [4.78, 5) is 17.1. The standard InChI is InChI=1S/C31H39FN4O5S/c1-4-5-18-36(30-21-28(40-2)14-15-29(30)32)31(37)33-24-16-19-35(20-17-24)22-23-6-10-26(11-7-23)41-27-12-8-25(9-13-27)34-42(3,38)39/h6-15,21,24,34H,4-5,16-20,22H2,1-3H3,(H,33,37). The number of nitrogens with one attached hydrogen (secondary N) is 2. The molecule has 4 rings (SSSR count). The van der Waals surface area contributed by atoms with Crippen molar-refractivity contribution in [3.05, 3.63) is 78.1 Å². The molecule has 42 heavy (non-hydrogen) atoms. The van der Waals surface area contributed by atoms with E-state index in [0.29, 0.717) is 29.5 Å². The number of carbonyl (C=O) groups is 1. The van der Waals surface area contributed by atoms with Crippen LogP contribution in [-0.2, 0) is 16.6 Å². The van der Waals surface area contributed by atoms with Crippen molar-refractivity contribution < 1.29 is 27.1 Å². The highest BCUT2D eigenvalue weighted by Crippen LogP contribution is 2.27. The number of benzene rings is 3. The third-order valence-electron chi connectivity index (χ3n) is 7.06. The zero-order valence-electron chi connectivity index (χ0n) is 24.3. The molecular weight excluding hydrogens is 559 g/mol. The molecule has 0 bridgehead atoms. The summed E-state index contributed by atoms with van der Waals surface area (Å²) in [6.45, 7) is 4.91. The molecule has 3 aromatic rings. The molecule has 226 valence electrons. The summed E-state index contributed by atoms with van der Waals surface area (Å²) < 4.78 is 51.0. The molecule has 0 saturated carbocycles. The maximum atomic E-state index is 14.7.